The average molecular weight is 1040 g/mol. The molecule has 0 radical (unpaired) electrons. The Balaban J connectivity index is 3.86. The highest BCUT2D eigenvalue weighted by Gasteiger charge is 2.26. The minimum atomic E-state index is -4.39. The standard InChI is InChI=1S/C63H114NO8P/c1-3-5-7-9-11-13-15-17-19-21-22-23-24-25-26-27-28-29-30-31-32-33-34-35-36-37-38-40-42-44-46-48-50-52-54-56-63(66)72-61(60-71-73(67,68)70-58-57-64)59-69-62(65)55-53-51-49-47-45-43-41-39-20-18-16-14-12-10-8-6-4-2/h5,7,11,13,17-20,22-23,25-26,61H,3-4,6,8-10,12,14-16,21,24,27-60,64H2,1-2H3,(H,67,68)/b7-5-,13-11-,19-17-,20-18-,23-22-,26-25-. The number of hydrogen-bond donors (Lipinski definition) is 2. The number of ether oxygens (including phenoxy) is 2. The second-order valence-corrected chi connectivity index (χ2v) is 21.6. The molecule has 424 valence electrons. The Labute approximate surface area is 450 Å². The van der Waals surface area contributed by atoms with Gasteiger partial charge in [-0.05, 0) is 83.5 Å². The van der Waals surface area contributed by atoms with Crippen molar-refractivity contribution in [3.63, 3.8) is 0 Å². The molecule has 3 N–H and O–H groups in total. The van der Waals surface area contributed by atoms with Crippen LogP contribution in [-0.4, -0.2) is 49.3 Å². The SMILES string of the molecule is CC/C=C\C/C=C\C/C=C\C/C=C\C/C=C\CCCCCCCCCCCCCCCCCCCCCC(=O)OC(COC(=O)CCCCCCCCC/C=C\CCCCCCCC)COP(=O)(O)OCCN. The molecule has 0 aromatic carbocycles. The largest absolute Gasteiger partial charge is 0.472 e. The van der Waals surface area contributed by atoms with Crippen LogP contribution >= 0.6 is 7.82 Å². The first kappa shape index (κ1) is 70.5. The number of esters is 2. The lowest BCUT2D eigenvalue weighted by atomic mass is 10.0. The smallest absolute Gasteiger partial charge is 0.462 e. The molecule has 0 aromatic rings. The normalized spacial score (nSPS) is 13.5. The molecule has 9 nitrogen and oxygen atoms in total. The predicted molar refractivity (Wildman–Crippen MR) is 312 cm³/mol. The molecule has 0 amide bonds. The molecular weight excluding hydrogens is 930 g/mol. The lowest BCUT2D eigenvalue weighted by Gasteiger charge is -2.19. The van der Waals surface area contributed by atoms with Crippen LogP contribution in [0.4, 0.5) is 0 Å². The van der Waals surface area contributed by atoms with E-state index in [4.69, 9.17) is 24.3 Å². The summed E-state index contributed by atoms with van der Waals surface area (Å²) in [6.07, 6.45) is 75.4. The number of unbranched alkanes of at least 4 members (excludes halogenated alkanes) is 32. The van der Waals surface area contributed by atoms with E-state index in [1.807, 2.05) is 0 Å². The van der Waals surface area contributed by atoms with Crippen LogP contribution in [0.25, 0.3) is 0 Å². The lowest BCUT2D eigenvalue weighted by molar-refractivity contribution is -0.161. The van der Waals surface area contributed by atoms with Crippen molar-refractivity contribution in [2.75, 3.05) is 26.4 Å². The van der Waals surface area contributed by atoms with E-state index in [0.29, 0.717) is 6.42 Å². The molecule has 0 aromatic heterocycles. The maximum atomic E-state index is 12.7. The average Bonchev–Trinajstić information content (AvgIpc) is 3.38. The number of nitrogens with two attached hydrogens (primary N) is 1. The number of phosphoric acid groups is 1. The van der Waals surface area contributed by atoms with Gasteiger partial charge in [-0.3, -0.25) is 18.6 Å². The minimum Gasteiger partial charge on any atom is -0.462 e. The summed E-state index contributed by atoms with van der Waals surface area (Å²) in [6.45, 7) is 3.65. The second-order valence-electron chi connectivity index (χ2n) is 20.2. The lowest BCUT2D eigenvalue weighted by Crippen LogP contribution is -2.29. The van der Waals surface area contributed by atoms with E-state index >= 15 is 0 Å². The van der Waals surface area contributed by atoms with Crippen LogP contribution in [0.15, 0.2) is 72.9 Å². The van der Waals surface area contributed by atoms with Gasteiger partial charge in [0.2, 0.25) is 0 Å². The summed E-state index contributed by atoms with van der Waals surface area (Å²) in [6, 6.07) is 0. The minimum absolute atomic E-state index is 0.0525. The third kappa shape index (κ3) is 58.6. The van der Waals surface area contributed by atoms with Crippen molar-refractivity contribution in [1.29, 1.82) is 0 Å². The summed E-state index contributed by atoms with van der Waals surface area (Å²) in [5.41, 5.74) is 5.38. The quantitative estimate of drug-likeness (QED) is 0.0264. The predicted octanol–water partition coefficient (Wildman–Crippen LogP) is 19.3. The maximum absolute atomic E-state index is 12.7. The van der Waals surface area contributed by atoms with Crippen LogP contribution in [-0.2, 0) is 32.7 Å². The van der Waals surface area contributed by atoms with Crippen molar-refractivity contribution >= 4 is 19.8 Å². The first-order valence-corrected chi connectivity index (χ1v) is 31.9. The molecule has 10 heteroatoms. The van der Waals surface area contributed by atoms with Crippen molar-refractivity contribution in [2.45, 2.75) is 290 Å². The fourth-order valence-corrected chi connectivity index (χ4v) is 9.37. The van der Waals surface area contributed by atoms with Gasteiger partial charge in [-0.1, -0.05) is 260 Å². The first-order valence-electron chi connectivity index (χ1n) is 30.4. The molecule has 0 saturated heterocycles. The molecule has 0 rings (SSSR count). The maximum Gasteiger partial charge on any atom is 0.472 e. The third-order valence-electron chi connectivity index (χ3n) is 13.1. The Bertz CT molecular complexity index is 1420. The fourth-order valence-electron chi connectivity index (χ4n) is 8.60. The monoisotopic (exact) mass is 1040 g/mol. The summed E-state index contributed by atoms with van der Waals surface area (Å²) in [7, 11) is -4.39. The summed E-state index contributed by atoms with van der Waals surface area (Å²) in [5, 5.41) is 0. The number of allylic oxidation sites excluding steroid dienone is 12. The van der Waals surface area contributed by atoms with Crippen LogP contribution in [0.2, 0.25) is 0 Å². The highest BCUT2D eigenvalue weighted by atomic mass is 31.2. The highest BCUT2D eigenvalue weighted by molar-refractivity contribution is 7.47. The molecule has 0 spiro atoms. The molecule has 0 saturated carbocycles. The van der Waals surface area contributed by atoms with E-state index in [2.05, 4.69) is 86.8 Å². The fraction of sp³-hybridized carbons (Fsp3) is 0.778. The van der Waals surface area contributed by atoms with Crippen LogP contribution in [0, 0.1) is 0 Å². The van der Waals surface area contributed by atoms with E-state index in [1.54, 1.807) is 0 Å². The van der Waals surface area contributed by atoms with Crippen molar-refractivity contribution in [2.24, 2.45) is 5.73 Å². The number of carbonyl (C=O) groups excluding carboxylic acids is 2. The summed E-state index contributed by atoms with van der Waals surface area (Å²) < 4.78 is 33.0. The van der Waals surface area contributed by atoms with E-state index in [0.717, 1.165) is 83.5 Å². The van der Waals surface area contributed by atoms with E-state index < -0.39 is 26.5 Å². The van der Waals surface area contributed by atoms with Gasteiger partial charge >= 0.3 is 19.8 Å². The molecule has 0 heterocycles. The van der Waals surface area contributed by atoms with E-state index in [1.165, 1.54) is 167 Å². The number of rotatable bonds is 57. The van der Waals surface area contributed by atoms with E-state index in [-0.39, 0.29) is 38.6 Å². The van der Waals surface area contributed by atoms with Gasteiger partial charge in [0.1, 0.15) is 6.61 Å². The molecule has 0 aliphatic rings. The van der Waals surface area contributed by atoms with Gasteiger partial charge < -0.3 is 20.1 Å². The van der Waals surface area contributed by atoms with Crippen LogP contribution in [0.1, 0.15) is 284 Å². The van der Waals surface area contributed by atoms with Crippen molar-refractivity contribution in [3.05, 3.63) is 72.9 Å². The molecule has 2 unspecified atom stereocenters. The zero-order valence-corrected chi connectivity index (χ0v) is 48.3. The summed E-state index contributed by atoms with van der Waals surface area (Å²) in [5.74, 6) is -0.823. The van der Waals surface area contributed by atoms with Gasteiger partial charge in [-0.15, -0.1) is 0 Å². The Morgan fingerprint density at radius 2 is 0.753 bits per heavy atom. The Morgan fingerprint density at radius 3 is 1.14 bits per heavy atom. The van der Waals surface area contributed by atoms with Gasteiger partial charge in [0.05, 0.1) is 13.2 Å². The Kier molecular flexibility index (Phi) is 56.7. The third-order valence-corrected chi connectivity index (χ3v) is 14.1. The van der Waals surface area contributed by atoms with Gasteiger partial charge in [-0.25, -0.2) is 4.57 Å². The number of hydrogen-bond acceptors (Lipinski definition) is 8. The Morgan fingerprint density at radius 1 is 0.425 bits per heavy atom. The van der Waals surface area contributed by atoms with Gasteiger partial charge in [-0.2, -0.15) is 0 Å². The Hall–Kier alpha value is -2.55. The van der Waals surface area contributed by atoms with Crippen LogP contribution < -0.4 is 5.73 Å². The molecule has 0 aliphatic carbocycles. The zero-order chi connectivity index (χ0) is 53.1. The van der Waals surface area contributed by atoms with Crippen molar-refractivity contribution < 1.29 is 37.6 Å². The molecular formula is C63H114NO8P. The van der Waals surface area contributed by atoms with E-state index in [9.17, 15) is 19.0 Å². The molecule has 0 bridgehead atoms. The topological polar surface area (TPSA) is 134 Å². The zero-order valence-electron chi connectivity index (χ0n) is 47.4. The van der Waals surface area contributed by atoms with Crippen LogP contribution in [0.3, 0.4) is 0 Å². The molecule has 2 atom stereocenters. The summed E-state index contributed by atoms with van der Waals surface area (Å²) in [4.78, 5) is 35.2. The summed E-state index contributed by atoms with van der Waals surface area (Å²) >= 11 is 0. The highest BCUT2D eigenvalue weighted by Crippen LogP contribution is 2.43. The van der Waals surface area contributed by atoms with Crippen molar-refractivity contribution in [1.82, 2.24) is 0 Å². The van der Waals surface area contributed by atoms with Gasteiger partial charge in [0, 0.05) is 19.4 Å². The second kappa shape index (κ2) is 58.7. The number of phosphoric ester groups is 1. The number of carbonyl (C=O) groups is 2. The van der Waals surface area contributed by atoms with Gasteiger partial charge in [0.15, 0.2) is 6.10 Å². The first-order chi connectivity index (χ1) is 35.8. The molecule has 73 heavy (non-hydrogen) atoms. The molecule has 0 aliphatic heterocycles. The van der Waals surface area contributed by atoms with Gasteiger partial charge in [0.25, 0.3) is 0 Å². The van der Waals surface area contributed by atoms with Crippen molar-refractivity contribution in [3.8, 4) is 0 Å². The molecule has 0 fully saturated rings. The van der Waals surface area contributed by atoms with Crippen LogP contribution in [0.5, 0.6) is 0 Å².